The molecule has 0 aliphatic heterocycles. The predicted octanol–water partition coefficient (Wildman–Crippen LogP) is 1.03. The van der Waals surface area contributed by atoms with Gasteiger partial charge in [-0.15, -0.1) is 0 Å². The molecule has 1 N–H and O–H groups in total. The van der Waals surface area contributed by atoms with Crippen molar-refractivity contribution in [2.24, 2.45) is 0 Å². The molecule has 0 aromatic rings. The Labute approximate surface area is 57.2 Å². The van der Waals surface area contributed by atoms with E-state index in [1.54, 1.807) is 6.92 Å². The SMILES string of the molecule is [CH2-]C.[NH-]C=O.[Zr+2]. The summed E-state index contributed by atoms with van der Waals surface area (Å²) in [4.78, 5) is 8.47. The molecule has 0 bridgehead atoms. The standard InChI is InChI=1S/C2H5.CH3NO.Zr/c1-2;2-1-3;/h1H2,2H3;1H,(H2,2,3);/q-1;;+2/p-1. The predicted molar refractivity (Wildman–Crippen MR) is 21.4 cm³/mol. The summed E-state index contributed by atoms with van der Waals surface area (Å²) < 4.78 is 0. The molecule has 0 aromatic heterocycles. The first kappa shape index (κ1) is 16.2. The summed E-state index contributed by atoms with van der Waals surface area (Å²) in [5.74, 6) is 0. The molecule has 34 valence electrons. The van der Waals surface area contributed by atoms with Gasteiger partial charge in [0.25, 0.3) is 0 Å². The van der Waals surface area contributed by atoms with Crippen LogP contribution < -0.4 is 0 Å². The van der Waals surface area contributed by atoms with Gasteiger partial charge in [0.1, 0.15) is 0 Å². The summed E-state index contributed by atoms with van der Waals surface area (Å²) in [5, 5.41) is 0. The van der Waals surface area contributed by atoms with Crippen molar-refractivity contribution in [1.82, 2.24) is 0 Å². The average molecular weight is 164 g/mol. The first-order chi connectivity index (χ1) is 2.41. The average Bonchev–Trinajstić information content (AvgIpc) is 1.46. The van der Waals surface area contributed by atoms with Crippen molar-refractivity contribution in [3.8, 4) is 0 Å². The van der Waals surface area contributed by atoms with Crippen LogP contribution in [0, 0.1) is 6.92 Å². The van der Waals surface area contributed by atoms with Crippen molar-refractivity contribution in [3.63, 3.8) is 0 Å². The second-order valence-corrected chi connectivity index (χ2v) is 0.118. The fourth-order valence-electron chi connectivity index (χ4n) is 0. The van der Waals surface area contributed by atoms with E-state index in [2.05, 4.69) is 6.92 Å². The monoisotopic (exact) mass is 163 g/mol. The van der Waals surface area contributed by atoms with Crippen LogP contribution in [0.4, 0.5) is 0 Å². The maximum atomic E-state index is 8.47. The number of rotatable bonds is 0. The van der Waals surface area contributed by atoms with Gasteiger partial charge in [0.05, 0.1) is 0 Å². The molecule has 2 nitrogen and oxygen atoms in total. The van der Waals surface area contributed by atoms with Gasteiger partial charge in [-0.2, -0.15) is 6.92 Å². The van der Waals surface area contributed by atoms with E-state index in [-0.39, 0.29) is 32.6 Å². The van der Waals surface area contributed by atoms with Crippen LogP contribution in [-0.4, -0.2) is 6.41 Å². The van der Waals surface area contributed by atoms with Gasteiger partial charge in [-0.3, -0.25) is 0 Å². The maximum Gasteiger partial charge on any atom is 2.00 e. The Morgan fingerprint density at radius 2 is 1.67 bits per heavy atom. The molecule has 0 aliphatic rings. The summed E-state index contributed by atoms with van der Waals surface area (Å²) in [7, 11) is 0. The van der Waals surface area contributed by atoms with Crippen LogP contribution in [0.1, 0.15) is 6.92 Å². The van der Waals surface area contributed by atoms with E-state index in [0.717, 1.165) is 0 Å². The molecule has 0 atom stereocenters. The first-order valence-electron chi connectivity index (χ1n) is 1.23. The molecule has 0 aromatic carbocycles. The summed E-state index contributed by atoms with van der Waals surface area (Å²) >= 11 is 0. The molecule has 0 saturated heterocycles. The Morgan fingerprint density at radius 1 is 1.67 bits per heavy atom. The van der Waals surface area contributed by atoms with Crippen LogP contribution in [-0.2, 0) is 31.0 Å². The van der Waals surface area contributed by atoms with Gasteiger partial charge in [-0.05, 0) is 0 Å². The van der Waals surface area contributed by atoms with E-state index in [1.165, 1.54) is 0 Å². The normalized spacial score (nSPS) is 3.00. The number of hydrogen-bond donors (Lipinski definition) is 0. The molecule has 0 radical (unpaired) electrons. The molecule has 0 aliphatic carbocycles. The van der Waals surface area contributed by atoms with Crippen molar-refractivity contribution in [3.05, 3.63) is 12.7 Å². The minimum absolute atomic E-state index is 0. The van der Waals surface area contributed by atoms with Crippen molar-refractivity contribution in [2.45, 2.75) is 6.92 Å². The zero-order chi connectivity index (χ0) is 4.71. The molecule has 0 heterocycles. The zero-order valence-electron chi connectivity index (χ0n) is 3.69. The molecule has 3 heteroatoms. The van der Waals surface area contributed by atoms with Crippen molar-refractivity contribution >= 4 is 6.41 Å². The van der Waals surface area contributed by atoms with Crippen molar-refractivity contribution in [2.75, 3.05) is 0 Å². The second-order valence-electron chi connectivity index (χ2n) is 0.118. The fourth-order valence-corrected chi connectivity index (χ4v) is 0. The Hall–Kier alpha value is 0.353. The number of hydrogen-bond acceptors (Lipinski definition) is 1. The van der Waals surface area contributed by atoms with Crippen LogP contribution in [0.2, 0.25) is 0 Å². The van der Waals surface area contributed by atoms with Gasteiger partial charge in [-0.25, -0.2) is 0 Å². The van der Waals surface area contributed by atoms with E-state index >= 15 is 0 Å². The van der Waals surface area contributed by atoms with Crippen LogP contribution in [0.3, 0.4) is 0 Å². The number of carbonyl (C=O) groups excluding carboxylic acids is 1. The third-order valence-electron chi connectivity index (χ3n) is 0. The van der Waals surface area contributed by atoms with E-state index in [1.807, 2.05) is 0 Å². The summed E-state index contributed by atoms with van der Waals surface area (Å²) in [6, 6.07) is 0. The van der Waals surface area contributed by atoms with Gasteiger partial charge >= 0.3 is 26.2 Å². The number of amides is 1. The van der Waals surface area contributed by atoms with E-state index in [9.17, 15) is 0 Å². The van der Waals surface area contributed by atoms with Gasteiger partial charge in [-0.1, -0.05) is 0 Å². The van der Waals surface area contributed by atoms with Crippen LogP contribution in [0.15, 0.2) is 0 Å². The third kappa shape index (κ3) is 393. The molecule has 1 amide bonds. The largest absolute Gasteiger partial charge is 2.00 e. The van der Waals surface area contributed by atoms with Crippen LogP contribution >= 0.6 is 0 Å². The molecule has 0 spiro atoms. The van der Waals surface area contributed by atoms with Gasteiger partial charge in [0.15, 0.2) is 0 Å². The molecule has 0 rings (SSSR count). The van der Waals surface area contributed by atoms with Gasteiger partial charge in [0, 0.05) is 6.41 Å². The molecule has 0 saturated carbocycles. The second kappa shape index (κ2) is 55.4. The first-order valence-corrected chi connectivity index (χ1v) is 1.23. The number of carbonyl (C=O) groups is 1. The zero-order valence-corrected chi connectivity index (χ0v) is 6.15. The Balaban J connectivity index is -0.0000000275. The van der Waals surface area contributed by atoms with E-state index in [0.29, 0.717) is 0 Å². The van der Waals surface area contributed by atoms with Crippen LogP contribution in [0.5, 0.6) is 0 Å². The van der Waals surface area contributed by atoms with E-state index < -0.39 is 0 Å². The van der Waals surface area contributed by atoms with Crippen molar-refractivity contribution in [1.29, 1.82) is 0 Å². The Kier molecular flexibility index (Phi) is 150. The summed E-state index contributed by atoms with van der Waals surface area (Å²) in [5.41, 5.74) is 5.53. The Morgan fingerprint density at radius 3 is 1.67 bits per heavy atom. The minimum atomic E-state index is 0. The molecule has 6 heavy (non-hydrogen) atoms. The topological polar surface area (TPSA) is 40.9 Å². The fraction of sp³-hybridized carbons (Fsp3) is 0.333. The Bertz CT molecular complexity index is 18.3. The van der Waals surface area contributed by atoms with Gasteiger partial charge < -0.3 is 17.5 Å². The molecule has 0 fully saturated rings. The van der Waals surface area contributed by atoms with Gasteiger partial charge in [0.2, 0.25) is 0 Å². The smallest absolute Gasteiger partial charge is 0.671 e. The third-order valence-corrected chi connectivity index (χ3v) is 0. The van der Waals surface area contributed by atoms with E-state index in [4.69, 9.17) is 10.5 Å². The number of nitrogens with one attached hydrogen (secondary N) is 1. The van der Waals surface area contributed by atoms with Crippen molar-refractivity contribution < 1.29 is 31.0 Å². The molecular weight excluding hydrogens is 157 g/mol. The van der Waals surface area contributed by atoms with Crippen LogP contribution in [0.25, 0.3) is 5.73 Å². The molecular formula is C3H7NOZr. The molecule has 0 unspecified atom stereocenters. The maximum absolute atomic E-state index is 8.47. The quantitative estimate of drug-likeness (QED) is 0.389. The summed E-state index contributed by atoms with van der Waals surface area (Å²) in [6.45, 7) is 5.00. The summed E-state index contributed by atoms with van der Waals surface area (Å²) in [6.07, 6.45) is 0. The minimum Gasteiger partial charge on any atom is -0.671 e.